The lowest BCUT2D eigenvalue weighted by atomic mass is 10.1. The molecular weight excluding hydrogens is 291 g/mol. The molecule has 2 aromatic carbocycles. The highest BCUT2D eigenvalue weighted by Crippen LogP contribution is 2.25. The lowest BCUT2D eigenvalue weighted by Gasteiger charge is -2.13. The van der Waals surface area contributed by atoms with Crippen molar-refractivity contribution in [2.75, 3.05) is 10.5 Å². The number of benzene rings is 2. The van der Waals surface area contributed by atoms with Crippen molar-refractivity contribution in [1.82, 2.24) is 0 Å². The number of nitrogens with two attached hydrogens (primary N) is 1. The second kappa shape index (κ2) is 5.37. The summed E-state index contributed by atoms with van der Waals surface area (Å²) in [5, 5.41) is 0. The third kappa shape index (κ3) is 3.16. The first-order valence-corrected chi connectivity index (χ1v) is 7.85. The average Bonchev–Trinajstić information content (AvgIpc) is 2.37. The fraction of sp³-hybridized carbons (Fsp3) is 0.200. The van der Waals surface area contributed by atoms with Crippen LogP contribution in [0.25, 0.3) is 0 Å². The summed E-state index contributed by atoms with van der Waals surface area (Å²) >= 11 is 0. The van der Waals surface area contributed by atoms with E-state index < -0.39 is 15.8 Å². The number of aryl methyl sites for hydroxylation is 2. The van der Waals surface area contributed by atoms with Crippen molar-refractivity contribution < 1.29 is 12.8 Å². The lowest BCUT2D eigenvalue weighted by molar-refractivity contribution is 0.591. The highest BCUT2D eigenvalue weighted by atomic mass is 32.2. The van der Waals surface area contributed by atoms with Crippen molar-refractivity contribution in [2.24, 2.45) is 0 Å². The highest BCUT2D eigenvalue weighted by Gasteiger charge is 2.20. The molecule has 21 heavy (non-hydrogen) atoms. The Morgan fingerprint density at radius 1 is 1.10 bits per heavy atom. The molecular formula is C15H17FN2O2S. The van der Waals surface area contributed by atoms with Crippen LogP contribution in [-0.2, 0) is 10.0 Å². The summed E-state index contributed by atoms with van der Waals surface area (Å²) in [5.74, 6) is -0.643. The molecule has 0 heterocycles. The van der Waals surface area contributed by atoms with Crippen LogP contribution >= 0.6 is 0 Å². The lowest BCUT2D eigenvalue weighted by Crippen LogP contribution is -2.16. The van der Waals surface area contributed by atoms with Gasteiger partial charge in [-0.25, -0.2) is 12.8 Å². The fourth-order valence-corrected chi connectivity index (χ4v) is 3.50. The van der Waals surface area contributed by atoms with Gasteiger partial charge in [-0.3, -0.25) is 4.72 Å². The normalized spacial score (nSPS) is 11.4. The van der Waals surface area contributed by atoms with E-state index in [4.69, 9.17) is 5.73 Å². The first-order valence-electron chi connectivity index (χ1n) is 6.36. The molecule has 0 aliphatic rings. The fourth-order valence-electron chi connectivity index (χ4n) is 2.08. The number of halogens is 1. The van der Waals surface area contributed by atoms with E-state index in [9.17, 15) is 12.8 Å². The van der Waals surface area contributed by atoms with Crippen LogP contribution in [0.3, 0.4) is 0 Å². The second-order valence-electron chi connectivity index (χ2n) is 5.05. The zero-order valence-electron chi connectivity index (χ0n) is 12.1. The van der Waals surface area contributed by atoms with Gasteiger partial charge in [0.25, 0.3) is 10.0 Å². The second-order valence-corrected chi connectivity index (χ2v) is 6.70. The Balaban J connectivity index is 2.48. The van der Waals surface area contributed by atoms with Gasteiger partial charge in [0, 0.05) is 11.3 Å². The van der Waals surface area contributed by atoms with Crippen LogP contribution in [0.5, 0.6) is 0 Å². The maximum atomic E-state index is 13.7. The van der Waals surface area contributed by atoms with Crippen LogP contribution < -0.4 is 10.5 Å². The van der Waals surface area contributed by atoms with Gasteiger partial charge in [-0.05, 0) is 44.5 Å². The molecule has 0 spiro atoms. The Bertz CT molecular complexity index is 802. The third-order valence-corrected chi connectivity index (χ3v) is 4.73. The average molecular weight is 308 g/mol. The summed E-state index contributed by atoms with van der Waals surface area (Å²) in [6, 6.07) is 7.71. The van der Waals surface area contributed by atoms with Crippen LogP contribution in [-0.4, -0.2) is 8.42 Å². The molecule has 0 aliphatic heterocycles. The summed E-state index contributed by atoms with van der Waals surface area (Å²) < 4.78 is 41.0. The first-order chi connectivity index (χ1) is 9.70. The SMILES string of the molecule is Cc1ccc(NS(=O)(=O)c2cc(N)cc(F)c2C)c(C)c1. The van der Waals surface area contributed by atoms with Crippen LogP contribution in [0.4, 0.5) is 15.8 Å². The molecule has 0 aliphatic carbocycles. The topological polar surface area (TPSA) is 72.2 Å². The van der Waals surface area contributed by atoms with Crippen molar-refractivity contribution in [3.05, 3.63) is 52.8 Å². The molecule has 0 fully saturated rings. The highest BCUT2D eigenvalue weighted by molar-refractivity contribution is 7.92. The van der Waals surface area contributed by atoms with E-state index in [-0.39, 0.29) is 16.1 Å². The van der Waals surface area contributed by atoms with Crippen LogP contribution in [0.1, 0.15) is 16.7 Å². The predicted octanol–water partition coefficient (Wildman–Crippen LogP) is 3.13. The van der Waals surface area contributed by atoms with Gasteiger partial charge < -0.3 is 5.73 Å². The van der Waals surface area contributed by atoms with Gasteiger partial charge in [0.2, 0.25) is 0 Å². The van der Waals surface area contributed by atoms with E-state index in [2.05, 4.69) is 4.72 Å². The summed E-state index contributed by atoms with van der Waals surface area (Å²) in [6.45, 7) is 5.13. The Labute approximate surface area is 123 Å². The van der Waals surface area contributed by atoms with Gasteiger partial charge in [-0.2, -0.15) is 0 Å². The number of sulfonamides is 1. The molecule has 0 bridgehead atoms. The van der Waals surface area contributed by atoms with Crippen molar-refractivity contribution in [1.29, 1.82) is 0 Å². The molecule has 4 nitrogen and oxygen atoms in total. The van der Waals surface area contributed by atoms with Crippen LogP contribution in [0, 0.1) is 26.6 Å². The first kappa shape index (κ1) is 15.3. The van der Waals surface area contributed by atoms with E-state index in [0.717, 1.165) is 17.2 Å². The quantitative estimate of drug-likeness (QED) is 0.856. The number of nitrogens with one attached hydrogen (secondary N) is 1. The van der Waals surface area contributed by atoms with Gasteiger partial charge >= 0.3 is 0 Å². The van der Waals surface area contributed by atoms with Crippen molar-refractivity contribution in [2.45, 2.75) is 25.7 Å². The Morgan fingerprint density at radius 3 is 2.38 bits per heavy atom. The van der Waals surface area contributed by atoms with E-state index in [0.29, 0.717) is 5.69 Å². The smallest absolute Gasteiger partial charge is 0.262 e. The summed E-state index contributed by atoms with van der Waals surface area (Å²) in [7, 11) is -3.89. The predicted molar refractivity (Wildman–Crippen MR) is 82.3 cm³/mol. The van der Waals surface area contributed by atoms with E-state index >= 15 is 0 Å². The maximum absolute atomic E-state index is 13.7. The minimum atomic E-state index is -3.89. The zero-order chi connectivity index (χ0) is 15.8. The third-order valence-electron chi connectivity index (χ3n) is 3.23. The molecule has 0 saturated heterocycles. The Hall–Kier alpha value is -2.08. The van der Waals surface area contributed by atoms with Gasteiger partial charge in [0.1, 0.15) is 5.82 Å². The molecule has 2 rings (SSSR count). The maximum Gasteiger partial charge on any atom is 0.262 e. The molecule has 0 unspecified atom stereocenters. The summed E-state index contributed by atoms with van der Waals surface area (Å²) in [4.78, 5) is -0.153. The standard InChI is InChI=1S/C15H17FN2O2S/c1-9-4-5-14(10(2)6-9)18-21(19,20)15-8-12(17)7-13(16)11(15)3/h4-8,18H,17H2,1-3H3. The number of hydrogen-bond donors (Lipinski definition) is 2. The Kier molecular flexibility index (Phi) is 3.91. The van der Waals surface area contributed by atoms with Crippen molar-refractivity contribution >= 4 is 21.4 Å². The van der Waals surface area contributed by atoms with Crippen LogP contribution in [0.2, 0.25) is 0 Å². The number of anilines is 2. The summed E-state index contributed by atoms with van der Waals surface area (Å²) in [6.07, 6.45) is 0. The van der Waals surface area contributed by atoms with Gasteiger partial charge in [-0.15, -0.1) is 0 Å². The largest absolute Gasteiger partial charge is 0.399 e. The molecule has 0 atom stereocenters. The molecule has 112 valence electrons. The van der Waals surface area contributed by atoms with Gasteiger partial charge in [-0.1, -0.05) is 17.7 Å². The molecule has 0 amide bonds. The van der Waals surface area contributed by atoms with Gasteiger partial charge in [0.15, 0.2) is 0 Å². The molecule has 0 aromatic heterocycles. The molecule has 6 heteroatoms. The number of rotatable bonds is 3. The van der Waals surface area contributed by atoms with E-state index in [1.165, 1.54) is 13.0 Å². The minimum Gasteiger partial charge on any atom is -0.399 e. The van der Waals surface area contributed by atoms with Gasteiger partial charge in [0.05, 0.1) is 10.6 Å². The minimum absolute atomic E-state index is 0.0430. The number of nitrogen functional groups attached to an aromatic ring is 1. The monoisotopic (exact) mass is 308 g/mol. The molecule has 2 aromatic rings. The van der Waals surface area contributed by atoms with Crippen molar-refractivity contribution in [3.63, 3.8) is 0 Å². The molecule has 0 radical (unpaired) electrons. The van der Waals surface area contributed by atoms with Crippen molar-refractivity contribution in [3.8, 4) is 0 Å². The van der Waals surface area contributed by atoms with E-state index in [1.807, 2.05) is 13.0 Å². The van der Waals surface area contributed by atoms with E-state index in [1.54, 1.807) is 19.1 Å². The van der Waals surface area contributed by atoms with Crippen LogP contribution in [0.15, 0.2) is 35.2 Å². The zero-order valence-corrected chi connectivity index (χ0v) is 12.9. The molecule has 0 saturated carbocycles. The Morgan fingerprint density at radius 2 is 1.76 bits per heavy atom. The number of hydrogen-bond acceptors (Lipinski definition) is 3. The molecule has 3 N–H and O–H groups in total. The summed E-state index contributed by atoms with van der Waals surface area (Å²) in [5.41, 5.74) is 7.93.